The van der Waals surface area contributed by atoms with E-state index < -0.39 is 0 Å². The molecule has 0 saturated carbocycles. The Bertz CT molecular complexity index is 599. The van der Waals surface area contributed by atoms with Crippen LogP contribution in [0.5, 0.6) is 0 Å². The van der Waals surface area contributed by atoms with Crippen LogP contribution >= 0.6 is 15.9 Å². The van der Waals surface area contributed by atoms with Crippen molar-refractivity contribution in [2.75, 3.05) is 11.5 Å². The van der Waals surface area contributed by atoms with Crippen molar-refractivity contribution < 1.29 is 9.53 Å². The molecule has 2 aromatic rings. The summed E-state index contributed by atoms with van der Waals surface area (Å²) in [6.07, 6.45) is 3.52. The van der Waals surface area contributed by atoms with Gasteiger partial charge in [-0.15, -0.1) is 0 Å². The van der Waals surface area contributed by atoms with Crippen LogP contribution in [0.15, 0.2) is 59.1 Å². The summed E-state index contributed by atoms with van der Waals surface area (Å²) >= 11 is 3.41. The third kappa shape index (κ3) is 5.39. The first kappa shape index (κ1) is 17.5. The van der Waals surface area contributed by atoms with Crippen LogP contribution in [0.25, 0.3) is 0 Å². The molecule has 3 nitrogen and oxygen atoms in total. The first-order chi connectivity index (χ1) is 11.2. The quantitative estimate of drug-likeness (QED) is 0.546. The van der Waals surface area contributed by atoms with Gasteiger partial charge in [0.1, 0.15) is 0 Å². The Balaban J connectivity index is 2.11. The number of anilines is 2. The fraction of sp³-hybridized carbons (Fsp3) is 0.263. The summed E-state index contributed by atoms with van der Waals surface area (Å²) < 4.78 is 6.41. The molecule has 2 rings (SSSR count). The third-order valence-electron chi connectivity index (χ3n) is 3.40. The van der Waals surface area contributed by atoms with Crippen LogP contribution in [0.3, 0.4) is 0 Å². The maximum Gasteiger partial charge on any atom is 0.418 e. The van der Waals surface area contributed by atoms with Gasteiger partial charge in [-0.2, -0.15) is 0 Å². The minimum atomic E-state index is -0.354. The summed E-state index contributed by atoms with van der Waals surface area (Å²) in [5.41, 5.74) is 1.57. The van der Waals surface area contributed by atoms with Crippen LogP contribution in [0.2, 0.25) is 0 Å². The molecule has 0 heterocycles. The van der Waals surface area contributed by atoms with E-state index in [2.05, 4.69) is 22.9 Å². The Morgan fingerprint density at radius 3 is 2.26 bits per heavy atom. The average Bonchev–Trinajstić information content (AvgIpc) is 2.58. The van der Waals surface area contributed by atoms with E-state index >= 15 is 0 Å². The van der Waals surface area contributed by atoms with Crippen molar-refractivity contribution in [1.82, 2.24) is 0 Å². The van der Waals surface area contributed by atoms with E-state index in [4.69, 9.17) is 4.74 Å². The Hall–Kier alpha value is -1.81. The van der Waals surface area contributed by atoms with Gasteiger partial charge in [0.2, 0.25) is 0 Å². The van der Waals surface area contributed by atoms with Gasteiger partial charge in [-0.05, 0) is 42.8 Å². The number of rotatable bonds is 7. The standard InChI is InChI=1S/C19H21BrNO2/c1-2-3-4-8-15-23-19(22)21(17-9-6-5-7-10-17)18-13-11-16(20)12-14-18/h5-7,9-14H,1-4,8,15H2. The number of amides is 1. The Morgan fingerprint density at radius 1 is 0.957 bits per heavy atom. The van der Waals surface area contributed by atoms with Crippen LogP contribution in [0.4, 0.5) is 16.2 Å². The molecule has 0 fully saturated rings. The summed E-state index contributed by atoms with van der Waals surface area (Å²) in [6, 6.07) is 17.1. The molecule has 0 atom stereocenters. The zero-order chi connectivity index (χ0) is 16.5. The molecule has 0 unspecified atom stereocenters. The molecule has 0 N–H and O–H groups in total. The van der Waals surface area contributed by atoms with Crippen molar-refractivity contribution in [3.05, 3.63) is 66.0 Å². The number of para-hydroxylation sites is 1. The number of unbranched alkanes of at least 4 members (excludes halogenated alkanes) is 3. The summed E-state index contributed by atoms with van der Waals surface area (Å²) in [6.45, 7) is 4.24. The number of carbonyl (C=O) groups is 1. The molecular formula is C19H21BrNO2. The molecular weight excluding hydrogens is 354 g/mol. The fourth-order valence-corrected chi connectivity index (χ4v) is 2.47. The van der Waals surface area contributed by atoms with E-state index in [1.54, 1.807) is 4.90 Å². The molecule has 1 radical (unpaired) electrons. The van der Waals surface area contributed by atoms with Gasteiger partial charge in [-0.1, -0.05) is 60.3 Å². The third-order valence-corrected chi connectivity index (χ3v) is 3.93. The second-order valence-corrected chi connectivity index (χ2v) is 6.09. The molecule has 0 aliphatic carbocycles. The summed E-state index contributed by atoms with van der Waals surface area (Å²) in [5.74, 6) is 0. The molecule has 23 heavy (non-hydrogen) atoms. The van der Waals surface area contributed by atoms with Crippen LogP contribution in [-0.4, -0.2) is 12.7 Å². The molecule has 0 aromatic heterocycles. The minimum absolute atomic E-state index is 0.354. The van der Waals surface area contributed by atoms with Gasteiger partial charge in [0, 0.05) is 4.47 Å². The average molecular weight is 375 g/mol. The van der Waals surface area contributed by atoms with Gasteiger partial charge in [-0.25, -0.2) is 9.69 Å². The number of hydrogen-bond donors (Lipinski definition) is 0. The van der Waals surface area contributed by atoms with Crippen LogP contribution in [-0.2, 0) is 4.74 Å². The molecule has 121 valence electrons. The SMILES string of the molecule is [CH2]CCCCCOC(=O)N(c1ccccc1)c1ccc(Br)cc1. The number of benzene rings is 2. The maximum absolute atomic E-state index is 12.5. The normalized spacial score (nSPS) is 10.3. The van der Waals surface area contributed by atoms with Crippen molar-refractivity contribution in [2.24, 2.45) is 0 Å². The number of carbonyl (C=O) groups excluding carboxylic acids is 1. The topological polar surface area (TPSA) is 29.5 Å². The fourth-order valence-electron chi connectivity index (χ4n) is 2.21. The molecule has 0 bridgehead atoms. The van der Waals surface area contributed by atoms with Crippen molar-refractivity contribution in [3.63, 3.8) is 0 Å². The lowest BCUT2D eigenvalue weighted by molar-refractivity contribution is 0.154. The van der Waals surface area contributed by atoms with E-state index in [9.17, 15) is 4.79 Å². The minimum Gasteiger partial charge on any atom is -0.449 e. The van der Waals surface area contributed by atoms with Crippen molar-refractivity contribution in [3.8, 4) is 0 Å². The van der Waals surface area contributed by atoms with Gasteiger partial charge in [-0.3, -0.25) is 0 Å². The highest BCUT2D eigenvalue weighted by atomic mass is 79.9. The largest absolute Gasteiger partial charge is 0.449 e. The van der Waals surface area contributed by atoms with Crippen LogP contribution in [0, 0.1) is 6.92 Å². The van der Waals surface area contributed by atoms with Gasteiger partial charge >= 0.3 is 6.09 Å². The predicted octanol–water partition coefficient (Wildman–Crippen LogP) is 6.12. The Morgan fingerprint density at radius 2 is 1.61 bits per heavy atom. The summed E-state index contributed by atoms with van der Waals surface area (Å²) in [4.78, 5) is 14.1. The lowest BCUT2D eigenvalue weighted by Gasteiger charge is -2.22. The van der Waals surface area contributed by atoms with Crippen molar-refractivity contribution in [2.45, 2.75) is 25.7 Å². The second kappa shape index (κ2) is 9.36. The number of nitrogens with zero attached hydrogens (tertiary/aromatic N) is 1. The monoisotopic (exact) mass is 374 g/mol. The van der Waals surface area contributed by atoms with Gasteiger partial charge < -0.3 is 4.74 Å². The Kier molecular flexibility index (Phi) is 7.14. The lowest BCUT2D eigenvalue weighted by atomic mass is 10.2. The Labute approximate surface area is 146 Å². The molecule has 2 aromatic carbocycles. The number of halogens is 1. The molecule has 0 aliphatic rings. The zero-order valence-corrected chi connectivity index (χ0v) is 14.7. The van der Waals surface area contributed by atoms with Crippen LogP contribution < -0.4 is 4.90 Å². The number of hydrogen-bond acceptors (Lipinski definition) is 2. The molecule has 1 amide bonds. The van der Waals surface area contributed by atoms with Gasteiger partial charge in [0.15, 0.2) is 0 Å². The highest BCUT2D eigenvalue weighted by molar-refractivity contribution is 9.10. The summed E-state index contributed by atoms with van der Waals surface area (Å²) in [5, 5.41) is 0. The highest BCUT2D eigenvalue weighted by Crippen LogP contribution is 2.27. The molecule has 0 aliphatic heterocycles. The number of ether oxygens (including phenoxy) is 1. The van der Waals surface area contributed by atoms with Gasteiger partial charge in [0.25, 0.3) is 0 Å². The molecule has 0 spiro atoms. The summed E-state index contributed by atoms with van der Waals surface area (Å²) in [7, 11) is 0. The van der Waals surface area contributed by atoms with E-state index in [0.717, 1.165) is 41.5 Å². The molecule has 4 heteroatoms. The zero-order valence-electron chi connectivity index (χ0n) is 13.1. The smallest absolute Gasteiger partial charge is 0.418 e. The van der Waals surface area contributed by atoms with Crippen molar-refractivity contribution in [1.29, 1.82) is 0 Å². The van der Waals surface area contributed by atoms with Crippen molar-refractivity contribution >= 4 is 33.4 Å². The maximum atomic E-state index is 12.5. The van der Waals surface area contributed by atoms with Crippen LogP contribution in [0.1, 0.15) is 25.7 Å². The first-order valence-corrected chi connectivity index (χ1v) is 8.58. The molecule has 0 saturated heterocycles. The second-order valence-electron chi connectivity index (χ2n) is 5.18. The van der Waals surface area contributed by atoms with E-state index in [-0.39, 0.29) is 6.09 Å². The van der Waals surface area contributed by atoms with E-state index in [1.165, 1.54) is 0 Å². The predicted molar refractivity (Wildman–Crippen MR) is 97.9 cm³/mol. The van der Waals surface area contributed by atoms with E-state index in [1.807, 2.05) is 54.6 Å². The lowest BCUT2D eigenvalue weighted by Crippen LogP contribution is -2.27. The van der Waals surface area contributed by atoms with E-state index in [0.29, 0.717) is 6.61 Å². The first-order valence-electron chi connectivity index (χ1n) is 7.79. The van der Waals surface area contributed by atoms with Gasteiger partial charge in [0.05, 0.1) is 18.0 Å². The highest BCUT2D eigenvalue weighted by Gasteiger charge is 2.19.